The van der Waals surface area contributed by atoms with Crippen LogP contribution in [0.3, 0.4) is 0 Å². The molecule has 0 aliphatic heterocycles. The van der Waals surface area contributed by atoms with Crippen molar-refractivity contribution in [3.05, 3.63) is 236 Å². The van der Waals surface area contributed by atoms with Crippen LogP contribution < -0.4 is 14.7 Å². The smallest absolute Gasteiger partial charge is 0.0561 e. The Labute approximate surface area is 347 Å². The van der Waals surface area contributed by atoms with Crippen LogP contribution in [0.1, 0.15) is 19.4 Å². The van der Waals surface area contributed by atoms with Crippen LogP contribution in [0.4, 0.5) is 39.8 Å². The monoisotopic (exact) mass is 762 g/mol. The minimum atomic E-state index is 1.06. The van der Waals surface area contributed by atoms with Gasteiger partial charge >= 0.3 is 0 Å². The third kappa shape index (κ3) is 7.17. The summed E-state index contributed by atoms with van der Waals surface area (Å²) in [5, 5.41) is 2.46. The molecular formula is C55H46N4. The largest absolute Gasteiger partial charge is 0.344 e. The number of nitrogens with zero attached hydrogens (tertiary/aromatic N) is 4. The van der Waals surface area contributed by atoms with Gasteiger partial charge in [-0.2, -0.15) is 0 Å². The van der Waals surface area contributed by atoms with Crippen molar-refractivity contribution in [3.63, 3.8) is 0 Å². The summed E-state index contributed by atoms with van der Waals surface area (Å²) in [6.45, 7) is 4.22. The first kappa shape index (κ1) is 37.0. The van der Waals surface area contributed by atoms with E-state index in [-0.39, 0.29) is 0 Å². The van der Waals surface area contributed by atoms with E-state index in [9.17, 15) is 0 Å². The fourth-order valence-electron chi connectivity index (χ4n) is 8.35. The molecular weight excluding hydrogens is 717 g/mol. The molecule has 0 bridgehead atoms. The molecule has 0 N–H and O–H groups in total. The maximum absolute atomic E-state index is 2.38. The highest BCUT2D eigenvalue weighted by Gasteiger charge is 2.20. The number of likely N-dealkylation sites (N-methyl/N-ethyl adjacent to an activating group) is 1. The van der Waals surface area contributed by atoms with Crippen LogP contribution in [0.15, 0.2) is 230 Å². The molecule has 9 aromatic rings. The van der Waals surface area contributed by atoms with Crippen LogP contribution >= 0.6 is 0 Å². The highest BCUT2D eigenvalue weighted by atomic mass is 15.2. The van der Waals surface area contributed by atoms with Gasteiger partial charge in [0.05, 0.1) is 11.0 Å². The first-order valence-electron chi connectivity index (χ1n) is 20.2. The van der Waals surface area contributed by atoms with E-state index in [0.29, 0.717) is 0 Å². The van der Waals surface area contributed by atoms with Gasteiger partial charge in [-0.25, -0.2) is 0 Å². The Balaban J connectivity index is 1.14. The number of anilines is 7. The average molecular weight is 763 g/mol. The maximum atomic E-state index is 2.38. The van der Waals surface area contributed by atoms with E-state index in [1.165, 1.54) is 21.9 Å². The Bertz CT molecular complexity index is 2900. The number of benzene rings is 8. The predicted molar refractivity (Wildman–Crippen MR) is 252 cm³/mol. The van der Waals surface area contributed by atoms with E-state index in [1.807, 2.05) is 0 Å². The molecule has 1 heterocycles. The second-order valence-electron chi connectivity index (χ2n) is 14.6. The van der Waals surface area contributed by atoms with Gasteiger partial charge in [0.1, 0.15) is 0 Å². The average Bonchev–Trinajstić information content (AvgIpc) is 3.63. The Morgan fingerprint density at radius 3 is 1.44 bits per heavy atom. The fraction of sp³-hybridized carbons (Fsp3) is 0.0545. The molecule has 8 aromatic carbocycles. The number of aromatic nitrogens is 1. The molecule has 59 heavy (non-hydrogen) atoms. The van der Waals surface area contributed by atoms with Crippen molar-refractivity contribution in [1.82, 2.24) is 4.57 Å². The number of hydrogen-bond donors (Lipinski definition) is 0. The molecule has 1 aromatic heterocycles. The molecule has 0 aliphatic rings. The van der Waals surface area contributed by atoms with E-state index < -0.39 is 0 Å². The van der Waals surface area contributed by atoms with E-state index >= 15 is 0 Å². The molecule has 0 amide bonds. The molecule has 0 atom stereocenters. The Hall–Kier alpha value is -7.56. The predicted octanol–water partition coefficient (Wildman–Crippen LogP) is 15.2. The van der Waals surface area contributed by atoms with Gasteiger partial charge in [0.2, 0.25) is 0 Å². The van der Waals surface area contributed by atoms with Gasteiger partial charge in [-0.05, 0) is 116 Å². The first-order valence-corrected chi connectivity index (χ1v) is 20.2. The normalized spacial score (nSPS) is 11.8. The van der Waals surface area contributed by atoms with Crippen molar-refractivity contribution in [2.75, 3.05) is 21.7 Å². The molecule has 0 aliphatic carbocycles. The molecule has 0 saturated heterocycles. The van der Waals surface area contributed by atoms with Crippen molar-refractivity contribution in [2.24, 2.45) is 0 Å². The highest BCUT2D eigenvalue weighted by Crippen LogP contribution is 2.43. The van der Waals surface area contributed by atoms with E-state index in [4.69, 9.17) is 0 Å². The van der Waals surface area contributed by atoms with Crippen molar-refractivity contribution >= 4 is 67.2 Å². The zero-order valence-electron chi connectivity index (χ0n) is 33.7. The summed E-state index contributed by atoms with van der Waals surface area (Å²) in [7, 11) is 2.13. The minimum Gasteiger partial charge on any atom is -0.344 e. The SMILES string of the molecule is C/C=C(\C(=C/C)N(C)c1ccccc1)c1ccc(N(c2ccccc2)c2cccc(N(c3ccccc3)c3ccc4c5ccccc5n(-c5ccccc5)c4c3)c2)cc1. The van der Waals surface area contributed by atoms with Crippen molar-refractivity contribution < 1.29 is 0 Å². The Kier molecular flexibility index (Phi) is 10.4. The summed E-state index contributed by atoms with van der Waals surface area (Å²) < 4.78 is 2.38. The summed E-state index contributed by atoms with van der Waals surface area (Å²) >= 11 is 0. The van der Waals surface area contributed by atoms with Gasteiger partial charge in [0, 0.05) is 74.6 Å². The van der Waals surface area contributed by atoms with Gasteiger partial charge < -0.3 is 19.3 Å². The summed E-state index contributed by atoms with van der Waals surface area (Å²) in [5.74, 6) is 0. The zero-order valence-corrected chi connectivity index (χ0v) is 33.7. The summed E-state index contributed by atoms with van der Waals surface area (Å²) in [4.78, 5) is 6.96. The van der Waals surface area contributed by atoms with Crippen molar-refractivity contribution in [3.8, 4) is 5.69 Å². The van der Waals surface area contributed by atoms with Gasteiger partial charge in [-0.3, -0.25) is 0 Å². The number of fused-ring (bicyclic) bond motifs is 3. The van der Waals surface area contributed by atoms with E-state index in [2.05, 4.69) is 265 Å². The van der Waals surface area contributed by atoms with Gasteiger partial charge in [0.15, 0.2) is 0 Å². The van der Waals surface area contributed by atoms with Crippen molar-refractivity contribution in [2.45, 2.75) is 13.8 Å². The third-order valence-electron chi connectivity index (χ3n) is 11.1. The summed E-state index contributed by atoms with van der Waals surface area (Å²) in [5.41, 5.74) is 14.6. The molecule has 4 heteroatoms. The van der Waals surface area contributed by atoms with Gasteiger partial charge in [-0.15, -0.1) is 0 Å². The molecule has 0 saturated carbocycles. The van der Waals surface area contributed by atoms with E-state index in [0.717, 1.165) is 62.3 Å². The highest BCUT2D eigenvalue weighted by molar-refractivity contribution is 6.10. The summed E-state index contributed by atoms with van der Waals surface area (Å²) in [6.07, 6.45) is 4.40. The molecule has 9 rings (SSSR count). The van der Waals surface area contributed by atoms with Crippen molar-refractivity contribution in [1.29, 1.82) is 0 Å². The van der Waals surface area contributed by atoms with Crippen LogP contribution in [0.5, 0.6) is 0 Å². The fourth-order valence-corrected chi connectivity index (χ4v) is 8.35. The lowest BCUT2D eigenvalue weighted by atomic mass is 10.00. The van der Waals surface area contributed by atoms with Crippen LogP contribution in [0.25, 0.3) is 33.1 Å². The number of hydrogen-bond acceptors (Lipinski definition) is 3. The van der Waals surface area contributed by atoms with Crippen LogP contribution in [0, 0.1) is 0 Å². The lowest BCUT2D eigenvalue weighted by molar-refractivity contribution is 1.13. The Morgan fingerprint density at radius 2 is 0.847 bits per heavy atom. The summed E-state index contributed by atoms with van der Waals surface area (Å²) in [6, 6.07) is 75.9. The number of allylic oxidation sites excluding steroid dienone is 3. The van der Waals surface area contributed by atoms with Gasteiger partial charge in [0.25, 0.3) is 0 Å². The third-order valence-corrected chi connectivity index (χ3v) is 11.1. The van der Waals surface area contributed by atoms with E-state index in [1.54, 1.807) is 0 Å². The quantitative estimate of drug-likeness (QED) is 0.122. The van der Waals surface area contributed by atoms with Crippen LogP contribution in [-0.4, -0.2) is 11.6 Å². The molecule has 0 spiro atoms. The number of para-hydroxylation sites is 5. The Morgan fingerprint density at radius 1 is 0.390 bits per heavy atom. The second kappa shape index (κ2) is 16.5. The van der Waals surface area contributed by atoms with Crippen LogP contribution in [0.2, 0.25) is 0 Å². The second-order valence-corrected chi connectivity index (χ2v) is 14.6. The number of rotatable bonds is 11. The lowest BCUT2D eigenvalue weighted by Crippen LogP contribution is -2.17. The standard InChI is InChI=1S/C55H46N4/c1-4-50(53(5-2)56(3)42-21-10-6-11-22-42)41-33-35-46(36-34-41)57(43-23-12-7-13-24-43)47-29-20-30-48(39-47)58(44-25-14-8-15-26-44)49-37-38-52-51-31-18-19-32-54(51)59(55(52)40-49)45-27-16-9-17-28-45/h4-40H,1-3H3/b50-4-,53-5+. The molecule has 0 fully saturated rings. The minimum absolute atomic E-state index is 1.06. The molecule has 0 radical (unpaired) electrons. The van der Waals surface area contributed by atoms with Crippen LogP contribution in [-0.2, 0) is 0 Å². The molecule has 4 nitrogen and oxygen atoms in total. The first-order chi connectivity index (χ1) is 29.1. The molecule has 286 valence electrons. The molecule has 0 unspecified atom stereocenters. The maximum Gasteiger partial charge on any atom is 0.0561 e. The zero-order chi connectivity index (χ0) is 40.1. The lowest BCUT2D eigenvalue weighted by Gasteiger charge is -2.30. The van der Waals surface area contributed by atoms with Gasteiger partial charge in [-0.1, -0.05) is 127 Å². The topological polar surface area (TPSA) is 14.7 Å².